The molecule has 0 atom stereocenters. The van der Waals surface area contributed by atoms with Crippen molar-refractivity contribution in [3.8, 4) is 0 Å². The Bertz CT molecular complexity index is 278. The molecule has 0 amide bonds. The molecule has 0 spiro atoms. The molecule has 0 radical (unpaired) electrons. The van der Waals surface area contributed by atoms with Gasteiger partial charge in [-0.2, -0.15) is 27.8 Å². The molecule has 1 aromatic rings. The van der Waals surface area contributed by atoms with Crippen molar-refractivity contribution < 1.29 is 21.7 Å². The third kappa shape index (κ3) is 1.67. The first-order chi connectivity index (χ1) is 5.72. The van der Waals surface area contributed by atoms with Crippen LogP contribution in [0.25, 0.3) is 0 Å². The van der Waals surface area contributed by atoms with Gasteiger partial charge in [-0.15, -0.1) is 0 Å². The predicted molar refractivity (Wildman–Crippen MR) is 52.9 cm³/mol. The molecule has 2 rings (SSSR count). The second-order valence-corrected chi connectivity index (χ2v) is 4.04. The monoisotopic (exact) mass is 209 g/mol. The first-order valence-corrected chi connectivity index (χ1v) is 4.96. The standard InChI is InChI=1S/C12H17.Ti/c1-8-9(2)11-6-4-5-7-12(11)10(8)3;/h4-7H2,1-3H3;/q-1;. The first-order valence-electron chi connectivity index (χ1n) is 4.96. The molecule has 0 aromatic heterocycles. The van der Waals surface area contributed by atoms with Crippen LogP contribution in [-0.4, -0.2) is 0 Å². The summed E-state index contributed by atoms with van der Waals surface area (Å²) in [5, 5.41) is 0. The van der Waals surface area contributed by atoms with E-state index in [9.17, 15) is 0 Å². The Morgan fingerprint density at radius 3 is 2.31 bits per heavy atom. The van der Waals surface area contributed by atoms with E-state index in [1.54, 1.807) is 27.8 Å². The van der Waals surface area contributed by atoms with E-state index in [4.69, 9.17) is 0 Å². The van der Waals surface area contributed by atoms with E-state index >= 15 is 0 Å². The van der Waals surface area contributed by atoms with Crippen molar-refractivity contribution in [1.29, 1.82) is 0 Å². The summed E-state index contributed by atoms with van der Waals surface area (Å²) in [4.78, 5) is 0. The normalized spacial score (nSPS) is 15.0. The third-order valence-corrected chi connectivity index (χ3v) is 3.50. The average Bonchev–Trinajstić information content (AvgIpc) is 2.33. The van der Waals surface area contributed by atoms with Gasteiger partial charge in [-0.3, -0.25) is 0 Å². The maximum atomic E-state index is 2.28. The Labute approximate surface area is 96.0 Å². The first kappa shape index (κ1) is 11.1. The third-order valence-electron chi connectivity index (χ3n) is 3.50. The molecule has 1 aromatic carbocycles. The summed E-state index contributed by atoms with van der Waals surface area (Å²) in [6.45, 7) is 6.84. The van der Waals surface area contributed by atoms with Gasteiger partial charge in [0, 0.05) is 21.7 Å². The van der Waals surface area contributed by atoms with Crippen molar-refractivity contribution in [3.63, 3.8) is 0 Å². The average molecular weight is 209 g/mol. The molecule has 1 aliphatic carbocycles. The van der Waals surface area contributed by atoms with Gasteiger partial charge in [0.25, 0.3) is 0 Å². The van der Waals surface area contributed by atoms with E-state index in [0.29, 0.717) is 0 Å². The van der Waals surface area contributed by atoms with Gasteiger partial charge in [0.1, 0.15) is 0 Å². The summed E-state index contributed by atoms with van der Waals surface area (Å²) in [5.41, 5.74) is 8.04. The zero-order valence-corrected chi connectivity index (χ0v) is 10.4. The van der Waals surface area contributed by atoms with Crippen molar-refractivity contribution >= 4 is 0 Å². The van der Waals surface area contributed by atoms with Crippen LogP contribution in [0.5, 0.6) is 0 Å². The molecule has 0 bridgehead atoms. The Balaban J connectivity index is 0.000000845. The van der Waals surface area contributed by atoms with Gasteiger partial charge in [-0.25, -0.2) is 0 Å². The molecule has 0 saturated carbocycles. The molecule has 0 fully saturated rings. The number of fused-ring (bicyclic) bond motifs is 1. The molecule has 0 saturated heterocycles. The minimum Gasteiger partial charge on any atom is -0.195 e. The predicted octanol–water partition coefficient (Wildman–Crippen LogP) is 3.21. The molecule has 13 heavy (non-hydrogen) atoms. The second-order valence-electron chi connectivity index (χ2n) is 4.04. The summed E-state index contributed by atoms with van der Waals surface area (Å²) in [5.74, 6) is 0. The van der Waals surface area contributed by atoms with Crippen molar-refractivity contribution in [2.45, 2.75) is 46.5 Å². The van der Waals surface area contributed by atoms with Crippen LogP contribution in [0, 0.1) is 20.8 Å². The molecule has 1 aliphatic rings. The quantitative estimate of drug-likeness (QED) is 0.454. The molecule has 70 valence electrons. The fourth-order valence-corrected chi connectivity index (χ4v) is 2.47. The van der Waals surface area contributed by atoms with Gasteiger partial charge in [0.15, 0.2) is 0 Å². The van der Waals surface area contributed by atoms with Crippen molar-refractivity contribution in [2.75, 3.05) is 0 Å². The van der Waals surface area contributed by atoms with Gasteiger partial charge in [-0.1, -0.05) is 46.5 Å². The maximum absolute atomic E-state index is 2.28. The van der Waals surface area contributed by atoms with Gasteiger partial charge < -0.3 is 0 Å². The molecular weight excluding hydrogens is 192 g/mol. The van der Waals surface area contributed by atoms with Gasteiger partial charge in [0.05, 0.1) is 0 Å². The van der Waals surface area contributed by atoms with Crippen LogP contribution in [-0.2, 0) is 34.6 Å². The van der Waals surface area contributed by atoms with E-state index in [-0.39, 0.29) is 21.7 Å². The summed E-state index contributed by atoms with van der Waals surface area (Å²) in [6.07, 6.45) is 5.46. The van der Waals surface area contributed by atoms with Crippen molar-refractivity contribution in [2.24, 2.45) is 0 Å². The molecular formula is C12H17Ti-. The Morgan fingerprint density at radius 2 is 1.69 bits per heavy atom. The zero-order valence-electron chi connectivity index (χ0n) is 8.83. The summed E-state index contributed by atoms with van der Waals surface area (Å²) >= 11 is 0. The molecule has 0 unspecified atom stereocenters. The SMILES string of the molecule is Cc1c2c([c-](C)c1C)CCCC2.[Ti]. The van der Waals surface area contributed by atoms with Gasteiger partial charge >= 0.3 is 0 Å². The van der Waals surface area contributed by atoms with E-state index < -0.39 is 0 Å². The molecule has 1 heteroatoms. The van der Waals surface area contributed by atoms with E-state index in [1.165, 1.54) is 25.7 Å². The zero-order chi connectivity index (χ0) is 8.72. The summed E-state index contributed by atoms with van der Waals surface area (Å²) < 4.78 is 0. The number of hydrogen-bond acceptors (Lipinski definition) is 0. The van der Waals surface area contributed by atoms with Crippen molar-refractivity contribution in [3.05, 3.63) is 27.8 Å². The number of rotatable bonds is 0. The fraction of sp³-hybridized carbons (Fsp3) is 0.583. The van der Waals surface area contributed by atoms with E-state index in [2.05, 4.69) is 20.8 Å². The van der Waals surface area contributed by atoms with Gasteiger partial charge in [0.2, 0.25) is 0 Å². The minimum atomic E-state index is 0. The summed E-state index contributed by atoms with van der Waals surface area (Å²) in [6, 6.07) is 0. The van der Waals surface area contributed by atoms with Gasteiger partial charge in [-0.05, 0) is 0 Å². The molecule has 0 nitrogen and oxygen atoms in total. The van der Waals surface area contributed by atoms with Crippen LogP contribution in [0.2, 0.25) is 0 Å². The van der Waals surface area contributed by atoms with Crippen LogP contribution in [0.3, 0.4) is 0 Å². The summed E-state index contributed by atoms with van der Waals surface area (Å²) in [7, 11) is 0. The topological polar surface area (TPSA) is 0 Å². The van der Waals surface area contributed by atoms with E-state index in [0.717, 1.165) is 0 Å². The van der Waals surface area contributed by atoms with Crippen LogP contribution in [0.15, 0.2) is 0 Å². The van der Waals surface area contributed by atoms with Crippen LogP contribution in [0.1, 0.15) is 40.7 Å². The Morgan fingerprint density at radius 1 is 1.08 bits per heavy atom. The second kappa shape index (κ2) is 4.06. The minimum absolute atomic E-state index is 0. The largest absolute Gasteiger partial charge is 0.195 e. The van der Waals surface area contributed by atoms with Crippen LogP contribution in [0.4, 0.5) is 0 Å². The smallest absolute Gasteiger partial charge is 0 e. The molecule has 0 heterocycles. The van der Waals surface area contributed by atoms with E-state index in [1.807, 2.05) is 0 Å². The maximum Gasteiger partial charge on any atom is 0 e. The van der Waals surface area contributed by atoms with Crippen LogP contribution < -0.4 is 0 Å². The number of hydrogen-bond donors (Lipinski definition) is 0. The Hall–Kier alpha value is 0.0643. The van der Waals surface area contributed by atoms with Crippen molar-refractivity contribution in [1.82, 2.24) is 0 Å². The molecule has 0 aliphatic heterocycles. The Kier molecular flexibility index (Phi) is 3.48. The van der Waals surface area contributed by atoms with Crippen LogP contribution >= 0.6 is 0 Å². The fourth-order valence-electron chi connectivity index (χ4n) is 2.47. The molecule has 0 N–H and O–H groups in total.